The highest BCUT2D eigenvalue weighted by Gasteiger charge is 2.28. The normalized spacial score (nSPS) is 12.1. The lowest BCUT2D eigenvalue weighted by molar-refractivity contribution is 0.103. The molecule has 0 saturated heterocycles. The Kier molecular flexibility index (Phi) is 6.05. The predicted octanol–water partition coefficient (Wildman–Crippen LogP) is 4.70. The van der Waals surface area contributed by atoms with Crippen LogP contribution in [0.2, 0.25) is 0 Å². The number of rotatable bonds is 7. The standard InChI is InChI=1S/C29H21N3O6S2/c1-38-23-12-13-26-21(17-23)18-27(32(26)40(36,37)25-10-6-3-7-11-25)28(33)22-16-20-14-15-31(29(20)30-19-22)39(34,35)24-8-4-2-5-9-24/h2-19H,1H3. The van der Waals surface area contributed by atoms with E-state index in [1.165, 1.54) is 55.9 Å². The molecular weight excluding hydrogens is 550 g/mol. The summed E-state index contributed by atoms with van der Waals surface area (Å²) in [5.41, 5.74) is 0.455. The average molecular weight is 572 g/mol. The van der Waals surface area contributed by atoms with Crippen LogP contribution in [0.25, 0.3) is 21.9 Å². The Morgan fingerprint density at radius 1 is 0.750 bits per heavy atom. The zero-order valence-corrected chi connectivity index (χ0v) is 22.6. The van der Waals surface area contributed by atoms with E-state index in [4.69, 9.17) is 4.74 Å². The Morgan fingerprint density at radius 3 is 2.05 bits per heavy atom. The van der Waals surface area contributed by atoms with E-state index in [0.717, 1.165) is 7.94 Å². The first-order valence-electron chi connectivity index (χ1n) is 12.0. The van der Waals surface area contributed by atoms with Crippen molar-refractivity contribution in [3.8, 4) is 5.75 Å². The van der Waals surface area contributed by atoms with E-state index >= 15 is 0 Å². The number of carbonyl (C=O) groups excluding carboxylic acids is 1. The van der Waals surface area contributed by atoms with Crippen LogP contribution in [0.15, 0.2) is 119 Å². The maximum absolute atomic E-state index is 13.9. The second kappa shape index (κ2) is 9.47. The molecule has 3 heterocycles. The predicted molar refractivity (Wildman–Crippen MR) is 150 cm³/mol. The van der Waals surface area contributed by atoms with E-state index < -0.39 is 25.8 Å². The van der Waals surface area contributed by atoms with Crippen LogP contribution in [-0.4, -0.2) is 42.7 Å². The van der Waals surface area contributed by atoms with Crippen LogP contribution in [0.5, 0.6) is 5.75 Å². The molecular formula is C29H21N3O6S2. The summed E-state index contributed by atoms with van der Waals surface area (Å²) in [5.74, 6) is -0.0902. The molecule has 0 saturated carbocycles. The fraction of sp³-hybridized carbons (Fsp3) is 0.0345. The minimum Gasteiger partial charge on any atom is -0.497 e. The van der Waals surface area contributed by atoms with Crippen molar-refractivity contribution in [2.24, 2.45) is 0 Å². The van der Waals surface area contributed by atoms with Crippen molar-refractivity contribution in [2.45, 2.75) is 9.79 Å². The van der Waals surface area contributed by atoms with E-state index in [2.05, 4.69) is 4.98 Å². The van der Waals surface area contributed by atoms with Gasteiger partial charge in [0.15, 0.2) is 5.65 Å². The minimum atomic E-state index is -4.16. The fourth-order valence-corrected chi connectivity index (χ4v) is 7.44. The third-order valence-electron chi connectivity index (χ3n) is 6.53. The van der Waals surface area contributed by atoms with Gasteiger partial charge in [0.25, 0.3) is 20.0 Å². The number of ketones is 1. The van der Waals surface area contributed by atoms with Crippen LogP contribution < -0.4 is 4.74 Å². The van der Waals surface area contributed by atoms with E-state index in [9.17, 15) is 21.6 Å². The SMILES string of the molecule is COc1ccc2c(c1)cc(C(=O)c1cnc3c(ccn3S(=O)(=O)c3ccccc3)c1)n2S(=O)(=O)c1ccccc1. The molecule has 40 heavy (non-hydrogen) atoms. The molecule has 200 valence electrons. The summed E-state index contributed by atoms with van der Waals surface area (Å²) in [4.78, 5) is 18.3. The van der Waals surface area contributed by atoms with Gasteiger partial charge in [-0.05, 0) is 60.7 Å². The molecule has 6 aromatic rings. The molecule has 3 aromatic heterocycles. The van der Waals surface area contributed by atoms with Crippen molar-refractivity contribution in [3.63, 3.8) is 0 Å². The Balaban J connectivity index is 1.50. The first-order chi connectivity index (χ1) is 19.2. The lowest BCUT2D eigenvalue weighted by atomic mass is 10.1. The maximum Gasteiger partial charge on any atom is 0.269 e. The quantitative estimate of drug-likeness (QED) is 0.255. The zero-order valence-electron chi connectivity index (χ0n) is 21.0. The first kappa shape index (κ1) is 25.5. The van der Waals surface area contributed by atoms with Crippen LogP contribution in [0.3, 0.4) is 0 Å². The van der Waals surface area contributed by atoms with Crippen molar-refractivity contribution in [1.29, 1.82) is 0 Å². The van der Waals surface area contributed by atoms with Gasteiger partial charge in [-0.25, -0.2) is 29.8 Å². The summed E-state index contributed by atoms with van der Waals surface area (Å²) < 4.78 is 61.2. The smallest absolute Gasteiger partial charge is 0.269 e. The molecule has 6 rings (SSSR count). The average Bonchev–Trinajstić information content (AvgIpc) is 3.59. The van der Waals surface area contributed by atoms with E-state index in [0.29, 0.717) is 22.0 Å². The number of methoxy groups -OCH3 is 1. The molecule has 0 N–H and O–H groups in total. The van der Waals surface area contributed by atoms with E-state index in [-0.39, 0.29) is 26.7 Å². The number of aromatic nitrogens is 3. The lowest BCUT2D eigenvalue weighted by Gasteiger charge is -2.12. The molecule has 0 unspecified atom stereocenters. The number of hydrogen-bond acceptors (Lipinski definition) is 7. The molecule has 0 aliphatic heterocycles. The van der Waals surface area contributed by atoms with Gasteiger partial charge in [-0.2, -0.15) is 0 Å². The lowest BCUT2D eigenvalue weighted by Crippen LogP contribution is -2.19. The molecule has 0 aliphatic rings. The molecule has 0 fully saturated rings. The summed E-state index contributed by atoms with van der Waals surface area (Å²) in [6.45, 7) is 0. The number of nitrogens with zero attached hydrogens (tertiary/aromatic N) is 3. The van der Waals surface area contributed by atoms with Crippen LogP contribution >= 0.6 is 0 Å². The number of carbonyl (C=O) groups is 1. The van der Waals surface area contributed by atoms with E-state index in [1.54, 1.807) is 60.7 Å². The van der Waals surface area contributed by atoms with Crippen molar-refractivity contribution >= 4 is 47.8 Å². The topological polar surface area (TPSA) is 117 Å². The van der Waals surface area contributed by atoms with Gasteiger partial charge in [-0.1, -0.05) is 36.4 Å². The van der Waals surface area contributed by atoms with Crippen LogP contribution in [-0.2, 0) is 20.0 Å². The van der Waals surface area contributed by atoms with Gasteiger partial charge in [0.05, 0.1) is 22.4 Å². The Hall–Kier alpha value is -4.74. The van der Waals surface area contributed by atoms with Gasteiger partial charge in [0.2, 0.25) is 5.78 Å². The van der Waals surface area contributed by atoms with Crippen molar-refractivity contribution in [2.75, 3.05) is 7.11 Å². The highest BCUT2D eigenvalue weighted by Crippen LogP contribution is 2.31. The third kappa shape index (κ3) is 4.07. The van der Waals surface area contributed by atoms with Gasteiger partial charge in [0.1, 0.15) is 11.4 Å². The second-order valence-electron chi connectivity index (χ2n) is 8.93. The van der Waals surface area contributed by atoms with Gasteiger partial charge in [0, 0.05) is 28.7 Å². The van der Waals surface area contributed by atoms with Gasteiger partial charge < -0.3 is 4.74 Å². The zero-order chi connectivity index (χ0) is 28.1. The summed E-state index contributed by atoms with van der Waals surface area (Å²) >= 11 is 0. The van der Waals surface area contributed by atoms with Crippen molar-refractivity contribution < 1.29 is 26.4 Å². The van der Waals surface area contributed by atoms with Crippen LogP contribution in [0.4, 0.5) is 0 Å². The molecule has 9 nitrogen and oxygen atoms in total. The van der Waals surface area contributed by atoms with Gasteiger partial charge >= 0.3 is 0 Å². The molecule has 3 aromatic carbocycles. The number of fused-ring (bicyclic) bond motifs is 2. The number of benzene rings is 3. The molecule has 0 radical (unpaired) electrons. The fourth-order valence-electron chi connectivity index (χ4n) is 4.58. The van der Waals surface area contributed by atoms with Crippen molar-refractivity contribution in [3.05, 3.63) is 121 Å². The summed E-state index contributed by atoms with van der Waals surface area (Å²) in [6.07, 6.45) is 2.62. The summed E-state index contributed by atoms with van der Waals surface area (Å²) in [7, 11) is -6.58. The maximum atomic E-state index is 13.9. The third-order valence-corrected chi connectivity index (χ3v) is 9.96. The Morgan fingerprint density at radius 2 is 1.40 bits per heavy atom. The van der Waals surface area contributed by atoms with E-state index in [1.807, 2.05) is 0 Å². The molecule has 0 aliphatic carbocycles. The number of hydrogen-bond donors (Lipinski definition) is 0. The summed E-state index contributed by atoms with van der Waals surface area (Å²) in [6, 6.07) is 25.2. The monoisotopic (exact) mass is 571 g/mol. The molecule has 0 atom stereocenters. The Bertz CT molecular complexity index is 2130. The largest absolute Gasteiger partial charge is 0.497 e. The second-order valence-corrected chi connectivity index (χ2v) is 12.5. The molecule has 0 spiro atoms. The highest BCUT2D eigenvalue weighted by atomic mass is 32.2. The number of ether oxygens (including phenoxy) is 1. The Labute approximate surface area is 230 Å². The molecule has 11 heteroatoms. The summed E-state index contributed by atoms with van der Waals surface area (Å²) in [5, 5.41) is 0.900. The minimum absolute atomic E-state index is 0.0224. The van der Waals surface area contributed by atoms with Gasteiger partial charge in [-0.15, -0.1) is 0 Å². The number of pyridine rings is 1. The van der Waals surface area contributed by atoms with Crippen LogP contribution in [0, 0.1) is 0 Å². The highest BCUT2D eigenvalue weighted by molar-refractivity contribution is 7.90. The van der Waals surface area contributed by atoms with Crippen molar-refractivity contribution in [1.82, 2.24) is 12.9 Å². The molecule has 0 amide bonds. The molecule has 0 bridgehead atoms. The van der Waals surface area contributed by atoms with Gasteiger partial charge in [-0.3, -0.25) is 4.79 Å². The first-order valence-corrected chi connectivity index (χ1v) is 14.9. The van der Waals surface area contributed by atoms with Crippen LogP contribution in [0.1, 0.15) is 16.1 Å².